The zero-order chi connectivity index (χ0) is 21.6. The maximum absolute atomic E-state index is 13.4. The van der Waals surface area contributed by atoms with Crippen molar-refractivity contribution in [1.82, 2.24) is 4.90 Å². The van der Waals surface area contributed by atoms with Crippen LogP contribution in [0.15, 0.2) is 53.4 Å². The topological polar surface area (TPSA) is 77.9 Å². The second-order valence-electron chi connectivity index (χ2n) is 6.80. The summed E-state index contributed by atoms with van der Waals surface area (Å²) in [4.78, 5) is 40.6. The van der Waals surface area contributed by atoms with Gasteiger partial charge in [-0.25, -0.2) is 4.79 Å². The number of fused-ring (bicyclic) bond motifs is 1. The molecule has 9 heteroatoms. The van der Waals surface area contributed by atoms with Crippen molar-refractivity contribution < 1.29 is 19.5 Å². The Morgan fingerprint density at radius 3 is 2.47 bits per heavy atom. The van der Waals surface area contributed by atoms with Gasteiger partial charge in [-0.05, 0) is 30.7 Å². The number of carbonyl (C=O) groups is 3. The smallest absolute Gasteiger partial charge is 0.326 e. The number of thioether (sulfide) groups is 1. The van der Waals surface area contributed by atoms with Gasteiger partial charge in [-0.3, -0.25) is 14.5 Å². The van der Waals surface area contributed by atoms with Crippen molar-refractivity contribution in [3.05, 3.63) is 69.6 Å². The van der Waals surface area contributed by atoms with Crippen LogP contribution in [0.5, 0.6) is 0 Å². The van der Waals surface area contributed by atoms with Gasteiger partial charge in [0, 0.05) is 10.6 Å². The molecule has 2 aliphatic heterocycles. The third-order valence-corrected chi connectivity index (χ3v) is 6.60. The number of carboxylic acid groups (broad SMARTS) is 1. The van der Waals surface area contributed by atoms with Crippen molar-refractivity contribution in [2.75, 3.05) is 4.90 Å². The number of thiocarbonyl (C=S) groups is 1. The van der Waals surface area contributed by atoms with E-state index in [0.29, 0.717) is 22.8 Å². The summed E-state index contributed by atoms with van der Waals surface area (Å²) in [6.45, 7) is 1.69. The fraction of sp³-hybridized carbons (Fsp3) is 0.143. The predicted octanol–water partition coefficient (Wildman–Crippen LogP) is 3.93. The molecule has 1 saturated heterocycles. The SMILES string of the molecule is C[C@@H](C(=O)O)N1C(=O)/C(=C2/C(=O)N(Cc3ccc(Cl)cc3)c3ccccc32)SC1=S. The van der Waals surface area contributed by atoms with E-state index in [2.05, 4.69) is 0 Å². The number of anilines is 1. The molecule has 1 fully saturated rings. The van der Waals surface area contributed by atoms with Crippen LogP contribution in [-0.4, -0.2) is 38.2 Å². The van der Waals surface area contributed by atoms with Crippen molar-refractivity contribution in [2.24, 2.45) is 0 Å². The molecule has 0 aliphatic carbocycles. The quantitative estimate of drug-likeness (QED) is 0.552. The first-order chi connectivity index (χ1) is 14.3. The summed E-state index contributed by atoms with van der Waals surface area (Å²) in [5, 5.41) is 9.90. The van der Waals surface area contributed by atoms with Gasteiger partial charge in [0.15, 0.2) is 0 Å². The molecule has 2 aromatic carbocycles. The zero-order valence-electron chi connectivity index (χ0n) is 15.7. The Morgan fingerprint density at radius 1 is 1.13 bits per heavy atom. The first-order valence-electron chi connectivity index (χ1n) is 8.97. The molecule has 6 nitrogen and oxygen atoms in total. The van der Waals surface area contributed by atoms with Crippen LogP contribution in [0.3, 0.4) is 0 Å². The Kier molecular flexibility index (Phi) is 5.40. The molecule has 1 atom stereocenters. The molecule has 2 heterocycles. The van der Waals surface area contributed by atoms with E-state index in [-0.39, 0.29) is 20.7 Å². The second-order valence-corrected chi connectivity index (χ2v) is 8.88. The van der Waals surface area contributed by atoms with E-state index in [4.69, 9.17) is 23.8 Å². The largest absolute Gasteiger partial charge is 0.480 e. The number of carbonyl (C=O) groups excluding carboxylic acids is 2. The summed E-state index contributed by atoms with van der Waals surface area (Å²) < 4.78 is 0.124. The molecular formula is C21H15ClN2O4S2. The lowest BCUT2D eigenvalue weighted by Gasteiger charge is -2.19. The normalized spacial score (nSPS) is 19.5. The fourth-order valence-electron chi connectivity index (χ4n) is 3.40. The number of hydrogen-bond acceptors (Lipinski definition) is 5. The molecule has 0 unspecified atom stereocenters. The lowest BCUT2D eigenvalue weighted by Crippen LogP contribution is -2.41. The highest BCUT2D eigenvalue weighted by molar-refractivity contribution is 8.26. The maximum atomic E-state index is 13.4. The van der Waals surface area contributed by atoms with E-state index in [9.17, 15) is 19.5 Å². The highest BCUT2D eigenvalue weighted by Crippen LogP contribution is 2.45. The van der Waals surface area contributed by atoms with E-state index in [1.165, 1.54) is 6.92 Å². The summed E-state index contributed by atoms with van der Waals surface area (Å²) in [5.41, 5.74) is 2.44. The minimum Gasteiger partial charge on any atom is -0.480 e. The summed E-state index contributed by atoms with van der Waals surface area (Å²) in [7, 11) is 0. The Labute approximate surface area is 187 Å². The first kappa shape index (κ1) is 20.6. The Morgan fingerprint density at radius 2 is 1.80 bits per heavy atom. The summed E-state index contributed by atoms with van der Waals surface area (Å²) in [5.74, 6) is -2.05. The predicted molar refractivity (Wildman–Crippen MR) is 120 cm³/mol. The third-order valence-electron chi connectivity index (χ3n) is 4.95. The van der Waals surface area contributed by atoms with Gasteiger partial charge in [-0.2, -0.15) is 0 Å². The van der Waals surface area contributed by atoms with Crippen molar-refractivity contribution in [3.8, 4) is 0 Å². The number of aliphatic carboxylic acids is 1. The number of amides is 2. The molecule has 2 aromatic rings. The second kappa shape index (κ2) is 7.86. The molecule has 0 saturated carbocycles. The van der Waals surface area contributed by atoms with Crippen molar-refractivity contribution in [3.63, 3.8) is 0 Å². The highest BCUT2D eigenvalue weighted by atomic mass is 35.5. The molecule has 0 aromatic heterocycles. The lowest BCUT2D eigenvalue weighted by atomic mass is 10.1. The van der Waals surface area contributed by atoms with Gasteiger partial charge < -0.3 is 10.0 Å². The molecule has 152 valence electrons. The molecule has 2 amide bonds. The van der Waals surface area contributed by atoms with Crippen LogP contribution < -0.4 is 4.90 Å². The molecule has 1 N–H and O–H groups in total. The number of hydrogen-bond donors (Lipinski definition) is 1. The number of benzene rings is 2. The average molecular weight is 459 g/mol. The average Bonchev–Trinajstić information content (AvgIpc) is 3.16. The van der Waals surface area contributed by atoms with Crippen LogP contribution in [0.2, 0.25) is 5.02 Å². The van der Waals surface area contributed by atoms with Gasteiger partial charge in [-0.1, -0.05) is 65.9 Å². The molecule has 0 bridgehead atoms. The van der Waals surface area contributed by atoms with Crippen LogP contribution in [0, 0.1) is 0 Å². The van der Waals surface area contributed by atoms with E-state index in [0.717, 1.165) is 22.2 Å². The molecule has 0 spiro atoms. The molecule has 0 radical (unpaired) electrons. The van der Waals surface area contributed by atoms with Gasteiger partial charge in [-0.15, -0.1) is 0 Å². The number of para-hydroxylation sites is 1. The van der Waals surface area contributed by atoms with Crippen LogP contribution in [0.1, 0.15) is 18.1 Å². The molecule has 2 aliphatic rings. The van der Waals surface area contributed by atoms with Crippen molar-refractivity contribution in [2.45, 2.75) is 19.5 Å². The van der Waals surface area contributed by atoms with Crippen LogP contribution in [0.25, 0.3) is 5.57 Å². The van der Waals surface area contributed by atoms with E-state index in [1.807, 2.05) is 24.3 Å². The highest BCUT2D eigenvalue weighted by Gasteiger charge is 2.44. The van der Waals surface area contributed by atoms with Gasteiger partial charge in [0.2, 0.25) is 0 Å². The molecule has 4 rings (SSSR count). The summed E-state index contributed by atoms with van der Waals surface area (Å²) in [6.07, 6.45) is 0. The fourth-order valence-corrected chi connectivity index (χ4v) is 5.02. The minimum absolute atomic E-state index is 0.124. The van der Waals surface area contributed by atoms with Gasteiger partial charge in [0.05, 0.1) is 22.7 Å². The minimum atomic E-state index is -1.17. The standard InChI is InChI=1S/C21H15ClN2O4S2/c1-11(20(27)28)24-19(26)17(30-21(24)29)16-14-4-2-3-5-15(14)23(18(16)25)10-12-6-8-13(22)9-7-12/h2-9,11H,10H2,1H3,(H,27,28)/b17-16-/t11-/m0/s1. The van der Waals surface area contributed by atoms with E-state index < -0.39 is 17.9 Å². The van der Waals surface area contributed by atoms with E-state index in [1.54, 1.807) is 29.2 Å². The Bertz CT molecular complexity index is 1130. The lowest BCUT2D eigenvalue weighted by molar-refractivity contribution is -0.144. The first-order valence-corrected chi connectivity index (χ1v) is 10.6. The van der Waals surface area contributed by atoms with Crippen molar-refractivity contribution in [1.29, 1.82) is 0 Å². The van der Waals surface area contributed by atoms with Crippen LogP contribution in [0.4, 0.5) is 5.69 Å². The van der Waals surface area contributed by atoms with E-state index >= 15 is 0 Å². The maximum Gasteiger partial charge on any atom is 0.326 e. The van der Waals surface area contributed by atoms with Gasteiger partial charge >= 0.3 is 5.97 Å². The molecular weight excluding hydrogens is 444 g/mol. The number of halogens is 1. The summed E-state index contributed by atoms with van der Waals surface area (Å²) >= 11 is 12.2. The van der Waals surface area contributed by atoms with Crippen LogP contribution >= 0.6 is 35.6 Å². The third kappa shape index (κ3) is 3.40. The number of nitrogens with zero attached hydrogens (tertiary/aromatic N) is 2. The Hall–Kier alpha value is -2.68. The number of rotatable bonds is 4. The number of carboxylic acids is 1. The van der Waals surface area contributed by atoms with Gasteiger partial charge in [0.25, 0.3) is 11.8 Å². The van der Waals surface area contributed by atoms with Crippen LogP contribution in [-0.2, 0) is 20.9 Å². The van der Waals surface area contributed by atoms with Crippen molar-refractivity contribution >= 4 is 68.9 Å². The Balaban J connectivity index is 1.77. The van der Waals surface area contributed by atoms with Gasteiger partial charge in [0.1, 0.15) is 10.4 Å². The molecule has 30 heavy (non-hydrogen) atoms. The summed E-state index contributed by atoms with van der Waals surface area (Å²) in [6, 6.07) is 13.3. The zero-order valence-corrected chi connectivity index (χ0v) is 18.1. The monoisotopic (exact) mass is 458 g/mol.